The summed E-state index contributed by atoms with van der Waals surface area (Å²) in [4.78, 5) is 10.9. The molecule has 14 heteroatoms. The van der Waals surface area contributed by atoms with Gasteiger partial charge in [-0.05, 0) is 30.5 Å². The van der Waals surface area contributed by atoms with E-state index in [4.69, 9.17) is 29.4 Å². The minimum absolute atomic E-state index is 0.0223. The molecule has 0 radical (unpaired) electrons. The van der Waals surface area contributed by atoms with Crippen molar-refractivity contribution in [3.63, 3.8) is 0 Å². The number of aliphatic hydroxyl groups excluding tert-OH is 4. The van der Waals surface area contributed by atoms with Crippen LogP contribution in [0.15, 0.2) is 18.2 Å². The molecule has 2 saturated heterocycles. The molecule has 14 nitrogen and oxygen atoms in total. The number of aromatic amines is 1. The molecule has 4 rings (SSSR count). The molecule has 1 aromatic heterocycles. The summed E-state index contributed by atoms with van der Waals surface area (Å²) in [6, 6.07) is 5.68. The highest BCUT2D eigenvalue weighted by Crippen LogP contribution is 2.35. The monoisotopic (exact) mass is 622 g/mol. The number of nitrogens with one attached hydrogen (secondary N) is 2. The SMILES string of the molecule is CC(C)c1[nH]nc(OC2OC(CO)[C@@H](O)C(O)[C@H]2O)c1Cc1ccc(OCCCNCCC(N)=O)cc1OC1CCOCC1. The molecule has 2 aliphatic rings. The lowest BCUT2D eigenvalue weighted by molar-refractivity contribution is -0.278. The van der Waals surface area contributed by atoms with Crippen LogP contribution in [0.2, 0.25) is 0 Å². The Morgan fingerprint density at radius 2 is 1.91 bits per heavy atom. The van der Waals surface area contributed by atoms with Gasteiger partial charge in [-0.3, -0.25) is 9.89 Å². The quantitative estimate of drug-likeness (QED) is 0.124. The predicted molar refractivity (Wildman–Crippen MR) is 158 cm³/mol. The highest BCUT2D eigenvalue weighted by atomic mass is 16.7. The van der Waals surface area contributed by atoms with Gasteiger partial charge in [-0.2, -0.15) is 0 Å². The van der Waals surface area contributed by atoms with Crippen molar-refractivity contribution in [1.29, 1.82) is 0 Å². The van der Waals surface area contributed by atoms with Crippen molar-refractivity contribution in [1.82, 2.24) is 15.5 Å². The molecule has 0 bridgehead atoms. The predicted octanol–water partition coefficient (Wildman–Crippen LogP) is 0.0943. The summed E-state index contributed by atoms with van der Waals surface area (Å²) in [5.41, 5.74) is 7.55. The van der Waals surface area contributed by atoms with Crippen molar-refractivity contribution in [3.8, 4) is 17.4 Å². The van der Waals surface area contributed by atoms with Crippen LogP contribution in [0.5, 0.6) is 17.4 Å². The molecule has 3 unspecified atom stereocenters. The molecule has 5 atom stereocenters. The second kappa shape index (κ2) is 16.4. The topological polar surface area (TPSA) is 211 Å². The van der Waals surface area contributed by atoms with Gasteiger partial charge in [0.05, 0.1) is 26.4 Å². The minimum atomic E-state index is -1.57. The van der Waals surface area contributed by atoms with Gasteiger partial charge in [0.1, 0.15) is 42.0 Å². The van der Waals surface area contributed by atoms with Crippen molar-refractivity contribution in [2.45, 2.75) is 88.7 Å². The molecule has 3 heterocycles. The number of carbonyl (C=O) groups is 1. The van der Waals surface area contributed by atoms with Crippen LogP contribution in [-0.2, 0) is 20.7 Å². The van der Waals surface area contributed by atoms with Gasteiger partial charge < -0.3 is 55.2 Å². The highest BCUT2D eigenvalue weighted by molar-refractivity contribution is 5.73. The Bertz CT molecular complexity index is 1190. The molecule has 1 aromatic carbocycles. The van der Waals surface area contributed by atoms with Crippen LogP contribution in [-0.4, -0.2) is 113 Å². The van der Waals surface area contributed by atoms with Crippen molar-refractivity contribution < 1.29 is 48.9 Å². The summed E-state index contributed by atoms with van der Waals surface area (Å²) in [5.74, 6) is 1.18. The third kappa shape index (κ3) is 9.03. The molecule has 246 valence electrons. The van der Waals surface area contributed by atoms with Crippen LogP contribution in [0, 0.1) is 0 Å². The van der Waals surface area contributed by atoms with Crippen molar-refractivity contribution in [2.75, 3.05) is 39.5 Å². The van der Waals surface area contributed by atoms with E-state index in [0.29, 0.717) is 62.8 Å². The van der Waals surface area contributed by atoms with Gasteiger partial charge in [0.25, 0.3) is 0 Å². The molecule has 2 aromatic rings. The number of ether oxygens (including phenoxy) is 5. The maximum absolute atomic E-state index is 10.9. The molecule has 1 amide bonds. The first-order valence-corrected chi connectivity index (χ1v) is 15.2. The Hall–Kier alpha value is -2.98. The fourth-order valence-electron chi connectivity index (χ4n) is 5.15. The summed E-state index contributed by atoms with van der Waals surface area (Å²) in [7, 11) is 0. The lowest BCUT2D eigenvalue weighted by Gasteiger charge is -2.39. The second-order valence-electron chi connectivity index (χ2n) is 11.4. The molecule has 0 aliphatic carbocycles. The van der Waals surface area contributed by atoms with E-state index in [1.165, 1.54) is 0 Å². The van der Waals surface area contributed by atoms with E-state index in [0.717, 1.165) is 30.5 Å². The number of aliphatic hydroxyl groups is 4. The summed E-state index contributed by atoms with van der Waals surface area (Å²) >= 11 is 0. The molecule has 2 aliphatic heterocycles. The number of primary amides is 1. The van der Waals surface area contributed by atoms with E-state index in [9.17, 15) is 25.2 Å². The van der Waals surface area contributed by atoms with E-state index in [1.807, 2.05) is 32.0 Å². The third-order valence-corrected chi connectivity index (χ3v) is 7.70. The Morgan fingerprint density at radius 3 is 2.61 bits per heavy atom. The zero-order valence-corrected chi connectivity index (χ0v) is 25.3. The maximum atomic E-state index is 10.9. The second-order valence-corrected chi connectivity index (χ2v) is 11.4. The number of benzene rings is 1. The Labute approximate surface area is 256 Å². The van der Waals surface area contributed by atoms with Gasteiger partial charge in [0.2, 0.25) is 18.1 Å². The van der Waals surface area contributed by atoms with Gasteiger partial charge >= 0.3 is 0 Å². The molecule has 0 saturated carbocycles. The number of nitrogens with two attached hydrogens (primary N) is 1. The van der Waals surface area contributed by atoms with Crippen molar-refractivity contribution in [2.24, 2.45) is 5.73 Å². The van der Waals surface area contributed by atoms with Crippen LogP contribution in [0.25, 0.3) is 0 Å². The lowest BCUT2D eigenvalue weighted by atomic mass is 9.98. The first-order valence-electron chi connectivity index (χ1n) is 15.2. The molecular weight excluding hydrogens is 576 g/mol. The Kier molecular flexibility index (Phi) is 12.6. The first kappa shape index (κ1) is 33.9. The number of amides is 1. The first-order chi connectivity index (χ1) is 21.2. The average Bonchev–Trinajstić information content (AvgIpc) is 3.40. The van der Waals surface area contributed by atoms with Gasteiger partial charge in [-0.25, -0.2) is 0 Å². The van der Waals surface area contributed by atoms with Gasteiger partial charge in [-0.15, -0.1) is 5.10 Å². The zero-order chi connectivity index (χ0) is 31.6. The fraction of sp³-hybridized carbons (Fsp3) is 0.667. The summed E-state index contributed by atoms with van der Waals surface area (Å²) < 4.78 is 29.5. The smallest absolute Gasteiger partial charge is 0.238 e. The van der Waals surface area contributed by atoms with Crippen molar-refractivity contribution >= 4 is 5.91 Å². The lowest BCUT2D eigenvalue weighted by Crippen LogP contribution is -2.60. The van der Waals surface area contributed by atoms with Gasteiger partial charge in [0, 0.05) is 49.6 Å². The molecule has 0 spiro atoms. The summed E-state index contributed by atoms with van der Waals surface area (Å²) in [6.07, 6.45) is -4.23. The molecular formula is C30H46N4O10. The zero-order valence-electron chi connectivity index (χ0n) is 25.3. The largest absolute Gasteiger partial charge is 0.493 e. The number of aromatic nitrogens is 2. The maximum Gasteiger partial charge on any atom is 0.238 e. The third-order valence-electron chi connectivity index (χ3n) is 7.70. The summed E-state index contributed by atoms with van der Waals surface area (Å²) in [6.45, 7) is 6.37. The number of rotatable bonds is 16. The van der Waals surface area contributed by atoms with Crippen LogP contribution >= 0.6 is 0 Å². The van der Waals surface area contributed by atoms with Crippen LogP contribution < -0.4 is 25.3 Å². The van der Waals surface area contributed by atoms with E-state index < -0.39 is 37.3 Å². The number of H-pyrrole nitrogens is 1. The van der Waals surface area contributed by atoms with E-state index in [1.54, 1.807) is 0 Å². The number of hydrogen-bond donors (Lipinski definition) is 7. The van der Waals surface area contributed by atoms with Gasteiger partial charge in [0.15, 0.2) is 0 Å². The highest BCUT2D eigenvalue weighted by Gasteiger charge is 2.45. The van der Waals surface area contributed by atoms with Crippen LogP contribution in [0.1, 0.15) is 62.3 Å². The van der Waals surface area contributed by atoms with Gasteiger partial charge in [-0.1, -0.05) is 19.9 Å². The van der Waals surface area contributed by atoms with E-state index in [2.05, 4.69) is 15.5 Å². The van der Waals surface area contributed by atoms with Crippen LogP contribution in [0.3, 0.4) is 0 Å². The molecule has 44 heavy (non-hydrogen) atoms. The number of nitrogens with zero attached hydrogens (tertiary/aromatic N) is 1. The normalized spacial score (nSPS) is 24.4. The van der Waals surface area contributed by atoms with Crippen LogP contribution in [0.4, 0.5) is 0 Å². The standard InChI is InChI=1S/C30H46N4O10/c1-17(2)25-21(29(34-33-25)44-30-28(39)27(38)26(37)23(16-35)43-30)14-18-4-5-20(41-11-3-9-32-10-6-24(31)36)15-22(18)42-19-7-12-40-13-8-19/h4-5,15,17,19,23,26-28,30,32,35,37-39H,3,6-14,16H2,1-2H3,(H2,31,36)(H,33,34)/t23?,26-,27?,28-,30?/m1/s1. The van der Waals surface area contributed by atoms with E-state index in [-0.39, 0.29) is 23.8 Å². The number of carbonyl (C=O) groups excluding carboxylic acids is 1. The fourth-order valence-corrected chi connectivity index (χ4v) is 5.15. The molecule has 8 N–H and O–H groups in total. The number of hydrogen-bond acceptors (Lipinski definition) is 12. The molecule has 2 fully saturated rings. The van der Waals surface area contributed by atoms with Crippen molar-refractivity contribution in [3.05, 3.63) is 35.0 Å². The summed E-state index contributed by atoms with van der Waals surface area (Å²) in [5, 5.41) is 51.0. The Balaban J connectivity index is 1.52. The minimum Gasteiger partial charge on any atom is -0.493 e. The average molecular weight is 623 g/mol. The Morgan fingerprint density at radius 1 is 1.14 bits per heavy atom. The van der Waals surface area contributed by atoms with E-state index >= 15 is 0 Å².